The van der Waals surface area contributed by atoms with Gasteiger partial charge in [-0.2, -0.15) is 0 Å². The van der Waals surface area contributed by atoms with Crippen molar-refractivity contribution in [2.24, 2.45) is 0 Å². The van der Waals surface area contributed by atoms with Gasteiger partial charge in [0, 0.05) is 45.0 Å². The molecule has 3 heterocycles. The minimum absolute atomic E-state index is 0.00669. The maximum atomic E-state index is 12.5. The molecule has 1 aromatic carbocycles. The van der Waals surface area contributed by atoms with Crippen LogP contribution in [0.25, 0.3) is 0 Å². The molecule has 7 heteroatoms. The molecule has 1 aromatic rings. The third-order valence-electron chi connectivity index (χ3n) is 5.12. The molecule has 0 aromatic heterocycles. The molecule has 0 unspecified atom stereocenters. The second-order valence-corrected chi connectivity index (χ2v) is 6.75. The van der Waals surface area contributed by atoms with Crippen molar-refractivity contribution in [3.8, 4) is 5.75 Å². The van der Waals surface area contributed by atoms with Crippen LogP contribution in [0.3, 0.4) is 0 Å². The van der Waals surface area contributed by atoms with Crippen molar-refractivity contribution in [2.45, 2.75) is 12.8 Å². The Morgan fingerprint density at radius 2 is 1.88 bits per heavy atom. The van der Waals surface area contributed by atoms with E-state index in [-0.39, 0.29) is 25.0 Å². The topological polar surface area (TPSA) is 65.1 Å². The maximum absolute atomic E-state index is 12.5. The normalized spacial score (nSPS) is 20.5. The first-order chi connectivity index (χ1) is 12.2. The van der Waals surface area contributed by atoms with Gasteiger partial charge >= 0.3 is 0 Å². The minimum atomic E-state index is -0.155. The van der Waals surface area contributed by atoms with Crippen LogP contribution in [-0.4, -0.2) is 69.1 Å². The van der Waals surface area contributed by atoms with Crippen molar-refractivity contribution < 1.29 is 14.3 Å². The summed E-state index contributed by atoms with van der Waals surface area (Å²) in [6.07, 6.45) is 2.10. The molecule has 0 saturated carbocycles. The molecular formula is C18H24N4O3. The Balaban J connectivity index is 1.57. The molecule has 2 saturated heterocycles. The Labute approximate surface area is 147 Å². The molecule has 0 spiro atoms. The summed E-state index contributed by atoms with van der Waals surface area (Å²) in [4.78, 5) is 30.7. The van der Waals surface area contributed by atoms with Crippen LogP contribution in [0.5, 0.6) is 5.75 Å². The lowest BCUT2D eigenvalue weighted by Crippen LogP contribution is -2.46. The number of piperazine rings is 1. The molecule has 2 fully saturated rings. The maximum Gasteiger partial charge on any atom is 0.265 e. The van der Waals surface area contributed by atoms with Crippen LogP contribution in [-0.2, 0) is 9.59 Å². The monoisotopic (exact) mass is 344 g/mol. The molecule has 2 amide bonds. The molecule has 0 aliphatic carbocycles. The number of carbonyl (C=O) groups is 2. The lowest BCUT2D eigenvalue weighted by atomic mass is 10.1. The average molecular weight is 344 g/mol. The molecule has 4 rings (SSSR count). The lowest BCUT2D eigenvalue weighted by molar-refractivity contribution is -0.131. The highest BCUT2D eigenvalue weighted by atomic mass is 16.5. The highest BCUT2D eigenvalue weighted by Gasteiger charge is 2.30. The van der Waals surface area contributed by atoms with Gasteiger partial charge < -0.3 is 19.9 Å². The van der Waals surface area contributed by atoms with E-state index in [2.05, 4.69) is 10.2 Å². The van der Waals surface area contributed by atoms with Crippen LogP contribution >= 0.6 is 0 Å². The summed E-state index contributed by atoms with van der Waals surface area (Å²) in [5, 5.41) is 3.34. The summed E-state index contributed by atoms with van der Waals surface area (Å²) in [5.74, 6) is 0.538. The molecule has 25 heavy (non-hydrogen) atoms. The summed E-state index contributed by atoms with van der Waals surface area (Å²) in [6, 6.07) is 5.92. The van der Waals surface area contributed by atoms with Crippen molar-refractivity contribution in [1.29, 1.82) is 0 Å². The predicted molar refractivity (Wildman–Crippen MR) is 95.2 cm³/mol. The van der Waals surface area contributed by atoms with Crippen molar-refractivity contribution in [3.63, 3.8) is 0 Å². The summed E-state index contributed by atoms with van der Waals surface area (Å²) in [6.45, 7) is 5.44. The molecular weight excluding hydrogens is 320 g/mol. The SMILES string of the molecule is O=C(CN1C(=O)COc2ccc(N3CCNCC3)cc21)N1CCCC1. The van der Waals surface area contributed by atoms with Gasteiger partial charge in [-0.3, -0.25) is 14.5 Å². The zero-order valence-corrected chi connectivity index (χ0v) is 14.4. The fraction of sp³-hybridized carbons (Fsp3) is 0.556. The summed E-state index contributed by atoms with van der Waals surface area (Å²) in [7, 11) is 0. The van der Waals surface area contributed by atoms with Gasteiger partial charge in [-0.25, -0.2) is 0 Å². The lowest BCUT2D eigenvalue weighted by Gasteiger charge is -2.33. The predicted octanol–water partition coefficient (Wildman–Crippen LogP) is 0.444. The Kier molecular flexibility index (Phi) is 4.48. The second-order valence-electron chi connectivity index (χ2n) is 6.75. The fourth-order valence-electron chi connectivity index (χ4n) is 3.69. The quantitative estimate of drug-likeness (QED) is 0.862. The average Bonchev–Trinajstić information content (AvgIpc) is 3.19. The molecule has 0 bridgehead atoms. The molecule has 1 N–H and O–H groups in total. The molecule has 3 aliphatic rings. The number of fused-ring (bicyclic) bond motifs is 1. The van der Waals surface area contributed by atoms with Crippen LogP contribution in [0.1, 0.15) is 12.8 Å². The van der Waals surface area contributed by atoms with Crippen LogP contribution in [0.4, 0.5) is 11.4 Å². The molecule has 0 radical (unpaired) electrons. The first-order valence-corrected chi connectivity index (χ1v) is 9.03. The third-order valence-corrected chi connectivity index (χ3v) is 5.12. The van der Waals surface area contributed by atoms with E-state index in [0.717, 1.165) is 57.8 Å². The highest BCUT2D eigenvalue weighted by molar-refractivity contribution is 6.02. The van der Waals surface area contributed by atoms with E-state index in [1.165, 1.54) is 0 Å². The van der Waals surface area contributed by atoms with E-state index in [4.69, 9.17) is 4.74 Å². The standard InChI is InChI=1S/C18H24N4O3/c23-17(21-7-1-2-8-21)12-22-15-11-14(20-9-5-19-6-10-20)3-4-16(15)25-13-18(22)24/h3-4,11,19H,1-2,5-10,12-13H2. The van der Waals surface area contributed by atoms with E-state index >= 15 is 0 Å². The molecule has 7 nitrogen and oxygen atoms in total. The van der Waals surface area contributed by atoms with Gasteiger partial charge in [0.15, 0.2) is 6.61 Å². The number of hydrogen-bond acceptors (Lipinski definition) is 5. The summed E-state index contributed by atoms with van der Waals surface area (Å²) in [5.41, 5.74) is 1.78. The Morgan fingerprint density at radius 3 is 2.64 bits per heavy atom. The molecule has 0 atom stereocenters. The van der Waals surface area contributed by atoms with Gasteiger partial charge in [0.1, 0.15) is 12.3 Å². The number of carbonyl (C=O) groups excluding carboxylic acids is 2. The van der Waals surface area contributed by atoms with Crippen molar-refractivity contribution in [1.82, 2.24) is 10.2 Å². The second kappa shape index (κ2) is 6.92. The van der Waals surface area contributed by atoms with Crippen LogP contribution < -0.4 is 19.9 Å². The van der Waals surface area contributed by atoms with E-state index < -0.39 is 0 Å². The zero-order valence-electron chi connectivity index (χ0n) is 14.4. The van der Waals surface area contributed by atoms with Crippen molar-refractivity contribution in [3.05, 3.63) is 18.2 Å². The highest BCUT2D eigenvalue weighted by Crippen LogP contribution is 2.35. The first kappa shape index (κ1) is 16.2. The van der Waals surface area contributed by atoms with Crippen LogP contribution in [0, 0.1) is 0 Å². The number of amides is 2. The van der Waals surface area contributed by atoms with Crippen LogP contribution in [0.15, 0.2) is 18.2 Å². The number of likely N-dealkylation sites (tertiary alicyclic amines) is 1. The number of rotatable bonds is 3. The number of nitrogens with one attached hydrogen (secondary N) is 1. The summed E-state index contributed by atoms with van der Waals surface area (Å²) >= 11 is 0. The van der Waals surface area contributed by atoms with E-state index in [9.17, 15) is 9.59 Å². The Morgan fingerprint density at radius 1 is 1.12 bits per heavy atom. The number of anilines is 2. The van der Waals surface area contributed by atoms with Gasteiger partial charge in [0.05, 0.1) is 5.69 Å². The number of benzene rings is 1. The van der Waals surface area contributed by atoms with Gasteiger partial charge in [-0.15, -0.1) is 0 Å². The largest absolute Gasteiger partial charge is 0.482 e. The third kappa shape index (κ3) is 3.28. The minimum Gasteiger partial charge on any atom is -0.482 e. The van der Waals surface area contributed by atoms with Gasteiger partial charge in [0.25, 0.3) is 5.91 Å². The van der Waals surface area contributed by atoms with Crippen molar-refractivity contribution >= 4 is 23.2 Å². The fourth-order valence-corrected chi connectivity index (χ4v) is 3.69. The smallest absolute Gasteiger partial charge is 0.265 e. The number of ether oxygens (including phenoxy) is 1. The molecule has 134 valence electrons. The number of nitrogens with zero attached hydrogens (tertiary/aromatic N) is 3. The number of hydrogen-bond donors (Lipinski definition) is 1. The van der Waals surface area contributed by atoms with Gasteiger partial charge in [-0.05, 0) is 31.0 Å². The van der Waals surface area contributed by atoms with Gasteiger partial charge in [0.2, 0.25) is 5.91 Å². The van der Waals surface area contributed by atoms with Crippen LogP contribution in [0.2, 0.25) is 0 Å². The van der Waals surface area contributed by atoms with E-state index in [1.54, 1.807) is 4.90 Å². The van der Waals surface area contributed by atoms with E-state index in [0.29, 0.717) is 11.4 Å². The molecule has 3 aliphatic heterocycles. The van der Waals surface area contributed by atoms with E-state index in [1.807, 2.05) is 23.1 Å². The first-order valence-electron chi connectivity index (χ1n) is 9.03. The van der Waals surface area contributed by atoms with Gasteiger partial charge in [-0.1, -0.05) is 0 Å². The Hall–Kier alpha value is -2.28. The summed E-state index contributed by atoms with van der Waals surface area (Å²) < 4.78 is 5.57. The Bertz CT molecular complexity index is 666. The van der Waals surface area contributed by atoms with Crippen molar-refractivity contribution in [2.75, 3.05) is 62.2 Å². The zero-order chi connectivity index (χ0) is 17.2.